The first-order chi connectivity index (χ1) is 13.2. The van der Waals surface area contributed by atoms with Gasteiger partial charge in [-0.3, -0.25) is 4.90 Å². The molecule has 7 heteroatoms. The summed E-state index contributed by atoms with van der Waals surface area (Å²) < 4.78 is 15.9. The van der Waals surface area contributed by atoms with E-state index in [1.54, 1.807) is 41.5 Å². The Kier molecular flexibility index (Phi) is 8.24. The fourth-order valence-electron chi connectivity index (χ4n) is 2.66. The summed E-state index contributed by atoms with van der Waals surface area (Å²) in [5, 5.41) is 0. The Hall–Kier alpha value is -2.57. The number of esters is 2. The van der Waals surface area contributed by atoms with E-state index in [1.807, 2.05) is 30.3 Å². The number of carbonyl (C=O) groups excluding carboxylic acids is 3. The lowest BCUT2D eigenvalue weighted by Gasteiger charge is -2.37. The number of amides is 1. The minimum atomic E-state index is -1.11. The van der Waals surface area contributed by atoms with Crippen molar-refractivity contribution in [1.82, 2.24) is 4.90 Å². The van der Waals surface area contributed by atoms with Gasteiger partial charge in [-0.25, -0.2) is 14.4 Å². The summed E-state index contributed by atoms with van der Waals surface area (Å²) in [6.07, 6.45) is -1.75. The zero-order chi connectivity index (χ0) is 22.4. The van der Waals surface area contributed by atoms with Gasteiger partial charge in [0.15, 0.2) is 6.10 Å². The molecule has 29 heavy (non-hydrogen) atoms. The van der Waals surface area contributed by atoms with Gasteiger partial charge in [0.1, 0.15) is 18.2 Å². The molecule has 0 aliphatic heterocycles. The molecule has 0 radical (unpaired) electrons. The molecule has 0 saturated carbocycles. The third-order valence-corrected chi connectivity index (χ3v) is 3.96. The quantitative estimate of drug-likeness (QED) is 0.525. The van der Waals surface area contributed by atoms with Gasteiger partial charge < -0.3 is 14.2 Å². The van der Waals surface area contributed by atoms with Crippen LogP contribution in [0.1, 0.15) is 54.0 Å². The molecule has 0 bridgehead atoms. The van der Waals surface area contributed by atoms with Crippen molar-refractivity contribution >= 4 is 18.0 Å². The van der Waals surface area contributed by atoms with E-state index in [0.717, 1.165) is 5.56 Å². The van der Waals surface area contributed by atoms with E-state index in [1.165, 1.54) is 18.9 Å². The second-order valence-electron chi connectivity index (χ2n) is 9.03. The van der Waals surface area contributed by atoms with Gasteiger partial charge in [0, 0.05) is 7.05 Å². The van der Waals surface area contributed by atoms with Gasteiger partial charge in [-0.1, -0.05) is 51.1 Å². The average Bonchev–Trinajstić information content (AvgIpc) is 2.57. The van der Waals surface area contributed by atoms with Gasteiger partial charge in [0.05, 0.1) is 0 Å². The lowest BCUT2D eigenvalue weighted by molar-refractivity contribution is -0.172. The molecule has 1 amide bonds. The fourth-order valence-corrected chi connectivity index (χ4v) is 2.66. The number of rotatable bonds is 6. The maximum atomic E-state index is 12.8. The predicted octanol–water partition coefficient (Wildman–Crippen LogP) is 3.94. The first-order valence-corrected chi connectivity index (χ1v) is 9.59. The summed E-state index contributed by atoms with van der Waals surface area (Å²) in [5.74, 6) is -1.36. The Morgan fingerprint density at radius 2 is 1.52 bits per heavy atom. The van der Waals surface area contributed by atoms with Crippen LogP contribution in [0.15, 0.2) is 30.3 Å². The van der Waals surface area contributed by atoms with Gasteiger partial charge in [-0.2, -0.15) is 0 Å². The van der Waals surface area contributed by atoms with Gasteiger partial charge >= 0.3 is 18.0 Å². The highest BCUT2D eigenvalue weighted by Gasteiger charge is 2.41. The fraction of sp³-hybridized carbons (Fsp3) is 0.591. The van der Waals surface area contributed by atoms with Crippen molar-refractivity contribution in [1.29, 1.82) is 0 Å². The summed E-state index contributed by atoms with van der Waals surface area (Å²) in [7, 11) is 1.48. The zero-order valence-corrected chi connectivity index (χ0v) is 18.6. The number of hydrogen-bond acceptors (Lipinski definition) is 6. The van der Waals surface area contributed by atoms with Crippen LogP contribution in [0.25, 0.3) is 0 Å². The molecule has 1 rings (SSSR count). The van der Waals surface area contributed by atoms with E-state index < -0.39 is 41.2 Å². The van der Waals surface area contributed by atoms with Crippen molar-refractivity contribution in [3.05, 3.63) is 35.9 Å². The molecule has 1 unspecified atom stereocenters. The van der Waals surface area contributed by atoms with Gasteiger partial charge in [-0.05, 0) is 38.7 Å². The summed E-state index contributed by atoms with van der Waals surface area (Å²) >= 11 is 0. The second-order valence-corrected chi connectivity index (χ2v) is 9.03. The third kappa shape index (κ3) is 8.13. The first kappa shape index (κ1) is 24.5. The van der Waals surface area contributed by atoms with E-state index in [4.69, 9.17) is 14.2 Å². The normalized spacial score (nSPS) is 13.8. The minimum Gasteiger partial charge on any atom is -0.458 e. The van der Waals surface area contributed by atoms with Crippen LogP contribution in [0, 0.1) is 5.41 Å². The summed E-state index contributed by atoms with van der Waals surface area (Å²) in [4.78, 5) is 38.7. The number of likely N-dealkylation sites (N-methyl/N-ethyl adjacent to an activating group) is 1. The smallest absolute Gasteiger partial charge is 0.410 e. The van der Waals surface area contributed by atoms with Crippen molar-refractivity contribution in [2.24, 2.45) is 5.41 Å². The molecule has 1 aromatic rings. The highest BCUT2D eigenvalue weighted by molar-refractivity contribution is 5.85. The maximum Gasteiger partial charge on any atom is 0.410 e. The van der Waals surface area contributed by atoms with Crippen molar-refractivity contribution < 1.29 is 28.6 Å². The van der Waals surface area contributed by atoms with Gasteiger partial charge in [0.25, 0.3) is 0 Å². The van der Waals surface area contributed by atoms with Crippen molar-refractivity contribution in [2.75, 3.05) is 7.05 Å². The van der Waals surface area contributed by atoms with E-state index in [-0.39, 0.29) is 6.61 Å². The Morgan fingerprint density at radius 1 is 0.966 bits per heavy atom. The molecule has 162 valence electrons. The molecule has 0 N–H and O–H groups in total. The molecule has 0 aliphatic rings. The van der Waals surface area contributed by atoms with Crippen LogP contribution in [-0.2, 0) is 30.4 Å². The molecule has 7 nitrogen and oxygen atoms in total. The lowest BCUT2D eigenvalue weighted by Crippen LogP contribution is -2.52. The van der Waals surface area contributed by atoms with Crippen LogP contribution >= 0.6 is 0 Å². The number of ether oxygens (including phenoxy) is 3. The maximum absolute atomic E-state index is 12.8. The topological polar surface area (TPSA) is 82.1 Å². The zero-order valence-electron chi connectivity index (χ0n) is 18.6. The van der Waals surface area contributed by atoms with E-state index in [0.29, 0.717) is 0 Å². The molecular weight excluding hydrogens is 374 g/mol. The van der Waals surface area contributed by atoms with Crippen LogP contribution in [0.3, 0.4) is 0 Å². The molecule has 2 atom stereocenters. The minimum absolute atomic E-state index is 0.0854. The Morgan fingerprint density at radius 3 is 2.00 bits per heavy atom. The lowest BCUT2D eigenvalue weighted by atomic mass is 9.86. The van der Waals surface area contributed by atoms with Crippen LogP contribution in [0.4, 0.5) is 4.79 Å². The number of nitrogens with zero attached hydrogens (tertiary/aromatic N) is 1. The Bertz CT molecular complexity index is 702. The second kappa shape index (κ2) is 9.76. The molecule has 0 heterocycles. The van der Waals surface area contributed by atoms with Crippen LogP contribution in [0.5, 0.6) is 0 Å². The molecule has 1 aromatic carbocycles. The average molecular weight is 408 g/mol. The van der Waals surface area contributed by atoms with Crippen LogP contribution in [-0.4, -0.2) is 47.7 Å². The molecule has 0 aromatic heterocycles. The molecular formula is C22H33NO6. The third-order valence-electron chi connectivity index (χ3n) is 3.96. The molecule has 0 saturated heterocycles. The summed E-state index contributed by atoms with van der Waals surface area (Å²) in [5.41, 5.74) is -0.514. The Balaban J connectivity index is 2.79. The SMILES string of the molecule is C[C@@H](OC(=O)C(N(C)C(=O)OC(C)(C)C)C(C)(C)C)C(=O)OCc1ccccc1. The standard InChI is InChI=1S/C22H33NO6/c1-15(18(24)27-14-16-12-10-9-11-13-16)28-19(25)17(21(2,3)4)23(8)20(26)29-22(5,6)7/h9-13,15,17H,14H2,1-8H3/t15-,17?/m1/s1. The largest absolute Gasteiger partial charge is 0.458 e. The number of hydrogen-bond donors (Lipinski definition) is 0. The van der Waals surface area contributed by atoms with E-state index in [2.05, 4.69) is 0 Å². The summed E-state index contributed by atoms with van der Waals surface area (Å²) in [6, 6.07) is 8.26. The molecule has 0 fully saturated rings. The summed E-state index contributed by atoms with van der Waals surface area (Å²) in [6.45, 7) is 12.2. The van der Waals surface area contributed by atoms with Gasteiger partial charge in [0.2, 0.25) is 0 Å². The van der Waals surface area contributed by atoms with E-state index in [9.17, 15) is 14.4 Å². The number of benzene rings is 1. The van der Waals surface area contributed by atoms with Gasteiger partial charge in [-0.15, -0.1) is 0 Å². The first-order valence-electron chi connectivity index (χ1n) is 9.59. The Labute approximate surface area is 173 Å². The van der Waals surface area contributed by atoms with Crippen LogP contribution < -0.4 is 0 Å². The monoisotopic (exact) mass is 407 g/mol. The molecule has 0 spiro atoms. The highest BCUT2D eigenvalue weighted by Crippen LogP contribution is 2.26. The predicted molar refractivity (Wildman–Crippen MR) is 109 cm³/mol. The van der Waals surface area contributed by atoms with Crippen molar-refractivity contribution in [3.8, 4) is 0 Å². The molecule has 0 aliphatic carbocycles. The van der Waals surface area contributed by atoms with Crippen LogP contribution in [0.2, 0.25) is 0 Å². The van der Waals surface area contributed by atoms with E-state index >= 15 is 0 Å². The number of carbonyl (C=O) groups is 3. The highest BCUT2D eigenvalue weighted by atomic mass is 16.6. The van der Waals surface area contributed by atoms with Crippen molar-refractivity contribution in [2.45, 2.75) is 72.8 Å². The van der Waals surface area contributed by atoms with Crippen molar-refractivity contribution in [3.63, 3.8) is 0 Å².